The van der Waals surface area contributed by atoms with E-state index in [-0.39, 0.29) is 18.2 Å². The van der Waals surface area contributed by atoms with E-state index in [9.17, 15) is 9.59 Å². The number of carbonyl (C=O) groups excluding carboxylic acids is 2. The van der Waals surface area contributed by atoms with Crippen LogP contribution in [-0.4, -0.2) is 35.2 Å². The molecule has 7 nitrogen and oxygen atoms in total. The molecule has 1 N–H and O–H groups in total. The van der Waals surface area contributed by atoms with Crippen LogP contribution in [0.2, 0.25) is 0 Å². The fraction of sp³-hybridized carbons (Fsp3) is 0.450. The fourth-order valence-corrected chi connectivity index (χ4v) is 3.32. The van der Waals surface area contributed by atoms with Crippen molar-refractivity contribution in [3.05, 3.63) is 36.0 Å². The summed E-state index contributed by atoms with van der Waals surface area (Å²) in [6.45, 7) is 5.12. The summed E-state index contributed by atoms with van der Waals surface area (Å²) < 4.78 is 7.17. The lowest BCUT2D eigenvalue weighted by atomic mass is 10.1. The SMILES string of the molecule is CCCCn1nc(C)cc1NC(=O)C1CC(=O)N(c2ccccc2OC)C1. The highest BCUT2D eigenvalue weighted by atomic mass is 16.5. The predicted molar refractivity (Wildman–Crippen MR) is 104 cm³/mol. The first kappa shape index (κ1) is 18.9. The highest BCUT2D eigenvalue weighted by Gasteiger charge is 2.36. The molecule has 1 aromatic heterocycles. The van der Waals surface area contributed by atoms with Gasteiger partial charge in [-0.05, 0) is 25.5 Å². The average Bonchev–Trinajstić information content (AvgIpc) is 3.22. The van der Waals surface area contributed by atoms with Crippen LogP contribution in [0.1, 0.15) is 31.9 Å². The van der Waals surface area contributed by atoms with Crippen molar-refractivity contribution in [2.45, 2.75) is 39.7 Å². The van der Waals surface area contributed by atoms with E-state index in [0.717, 1.165) is 25.1 Å². The Bertz CT molecular complexity index is 830. The summed E-state index contributed by atoms with van der Waals surface area (Å²) in [7, 11) is 1.57. The van der Waals surface area contributed by atoms with Crippen molar-refractivity contribution in [1.82, 2.24) is 9.78 Å². The number of anilines is 2. The molecule has 2 heterocycles. The van der Waals surface area contributed by atoms with Crippen LogP contribution in [-0.2, 0) is 16.1 Å². The van der Waals surface area contributed by atoms with Gasteiger partial charge in [-0.2, -0.15) is 5.10 Å². The van der Waals surface area contributed by atoms with Crippen LogP contribution in [0.15, 0.2) is 30.3 Å². The summed E-state index contributed by atoms with van der Waals surface area (Å²) in [6.07, 6.45) is 2.23. The van der Waals surface area contributed by atoms with Gasteiger partial charge in [0.1, 0.15) is 11.6 Å². The summed E-state index contributed by atoms with van der Waals surface area (Å²) in [4.78, 5) is 26.9. The molecule has 0 spiro atoms. The predicted octanol–water partition coefficient (Wildman–Crippen LogP) is 2.99. The molecule has 0 bridgehead atoms. The van der Waals surface area contributed by atoms with Crippen LogP contribution in [0, 0.1) is 12.8 Å². The molecular formula is C20H26N4O3. The number of aromatic nitrogens is 2. The number of ether oxygens (including phenoxy) is 1. The quantitative estimate of drug-likeness (QED) is 0.813. The molecule has 1 fully saturated rings. The monoisotopic (exact) mass is 370 g/mol. The molecule has 27 heavy (non-hydrogen) atoms. The molecule has 1 aliphatic rings. The van der Waals surface area contributed by atoms with Crippen molar-refractivity contribution in [2.24, 2.45) is 5.92 Å². The molecule has 1 unspecified atom stereocenters. The molecule has 144 valence electrons. The minimum absolute atomic E-state index is 0.0738. The molecule has 0 aliphatic carbocycles. The maximum Gasteiger partial charge on any atom is 0.230 e. The first-order valence-electron chi connectivity index (χ1n) is 9.32. The lowest BCUT2D eigenvalue weighted by molar-refractivity contribution is -0.122. The van der Waals surface area contributed by atoms with Crippen LogP contribution < -0.4 is 15.0 Å². The van der Waals surface area contributed by atoms with Crippen molar-refractivity contribution in [2.75, 3.05) is 23.9 Å². The fourth-order valence-electron chi connectivity index (χ4n) is 3.32. The number of hydrogen-bond acceptors (Lipinski definition) is 4. The molecule has 0 saturated carbocycles. The minimum atomic E-state index is -0.405. The molecule has 1 aromatic carbocycles. The Balaban J connectivity index is 1.71. The standard InChI is InChI=1S/C20H26N4O3/c1-4-5-10-24-18(11-14(2)22-24)21-20(26)15-12-19(25)23(13-15)16-8-6-7-9-17(16)27-3/h6-9,11,15H,4-5,10,12-13H2,1-3H3,(H,21,26). The number of nitrogens with one attached hydrogen (secondary N) is 1. The molecule has 2 amide bonds. The van der Waals surface area contributed by atoms with Crippen LogP contribution in [0.5, 0.6) is 5.75 Å². The van der Waals surface area contributed by atoms with Gasteiger partial charge in [-0.25, -0.2) is 4.68 Å². The molecule has 2 aromatic rings. The molecule has 1 atom stereocenters. The minimum Gasteiger partial charge on any atom is -0.495 e. The van der Waals surface area contributed by atoms with E-state index in [4.69, 9.17) is 4.74 Å². The number of rotatable bonds is 7. The van der Waals surface area contributed by atoms with E-state index < -0.39 is 5.92 Å². The topological polar surface area (TPSA) is 76.5 Å². The van der Waals surface area contributed by atoms with Gasteiger partial charge in [0.15, 0.2) is 0 Å². The van der Waals surface area contributed by atoms with Gasteiger partial charge >= 0.3 is 0 Å². The molecule has 3 rings (SSSR count). The van der Waals surface area contributed by atoms with Gasteiger partial charge in [0.05, 0.1) is 24.4 Å². The third kappa shape index (κ3) is 4.13. The summed E-state index contributed by atoms with van der Waals surface area (Å²) in [5.74, 6) is 0.681. The molecule has 7 heteroatoms. The lowest BCUT2D eigenvalue weighted by Crippen LogP contribution is -2.29. The molecule has 1 saturated heterocycles. The number of methoxy groups -OCH3 is 1. The molecular weight excluding hydrogens is 344 g/mol. The van der Waals surface area contributed by atoms with Crippen molar-refractivity contribution < 1.29 is 14.3 Å². The first-order chi connectivity index (χ1) is 13.0. The van der Waals surface area contributed by atoms with E-state index in [1.54, 1.807) is 12.0 Å². The zero-order valence-electron chi connectivity index (χ0n) is 16.1. The first-order valence-corrected chi connectivity index (χ1v) is 9.32. The second-order valence-corrected chi connectivity index (χ2v) is 6.81. The Morgan fingerprint density at radius 1 is 1.37 bits per heavy atom. The Kier molecular flexibility index (Phi) is 5.78. The summed E-state index contributed by atoms with van der Waals surface area (Å²) in [5.41, 5.74) is 1.56. The van der Waals surface area contributed by atoms with Gasteiger partial charge in [-0.1, -0.05) is 25.5 Å². The van der Waals surface area contributed by atoms with Crippen LogP contribution in [0.4, 0.5) is 11.5 Å². The Morgan fingerprint density at radius 3 is 2.89 bits per heavy atom. The van der Waals surface area contributed by atoms with Crippen molar-refractivity contribution in [1.29, 1.82) is 0 Å². The highest BCUT2D eigenvalue weighted by Crippen LogP contribution is 2.33. The van der Waals surface area contributed by atoms with Gasteiger partial charge in [-0.3, -0.25) is 9.59 Å². The number of nitrogens with zero attached hydrogens (tertiary/aromatic N) is 3. The van der Waals surface area contributed by atoms with Crippen LogP contribution in [0.25, 0.3) is 0 Å². The van der Waals surface area contributed by atoms with Gasteiger partial charge in [0, 0.05) is 25.6 Å². The zero-order valence-corrected chi connectivity index (χ0v) is 16.1. The van der Waals surface area contributed by atoms with Gasteiger partial charge in [-0.15, -0.1) is 0 Å². The maximum atomic E-state index is 12.8. The smallest absolute Gasteiger partial charge is 0.230 e. The second kappa shape index (κ2) is 8.24. The van der Waals surface area contributed by atoms with E-state index in [2.05, 4.69) is 17.3 Å². The number of aryl methyl sites for hydroxylation is 2. The number of benzene rings is 1. The number of unbranched alkanes of at least 4 members (excludes halogenated alkanes) is 1. The highest BCUT2D eigenvalue weighted by molar-refractivity contribution is 6.04. The van der Waals surface area contributed by atoms with E-state index in [1.807, 2.05) is 41.9 Å². The number of amides is 2. The van der Waals surface area contributed by atoms with Crippen LogP contribution >= 0.6 is 0 Å². The lowest BCUT2D eigenvalue weighted by Gasteiger charge is -2.19. The third-order valence-electron chi connectivity index (χ3n) is 4.75. The Hall–Kier alpha value is -2.83. The van der Waals surface area contributed by atoms with Crippen molar-refractivity contribution in [3.63, 3.8) is 0 Å². The second-order valence-electron chi connectivity index (χ2n) is 6.81. The Labute approximate surface area is 159 Å². The molecule has 0 radical (unpaired) electrons. The number of para-hydroxylation sites is 2. The van der Waals surface area contributed by atoms with E-state index >= 15 is 0 Å². The van der Waals surface area contributed by atoms with Gasteiger partial charge in [0.2, 0.25) is 11.8 Å². The summed E-state index contributed by atoms with van der Waals surface area (Å²) in [6, 6.07) is 9.22. The molecule has 1 aliphatic heterocycles. The zero-order chi connectivity index (χ0) is 19.4. The third-order valence-corrected chi connectivity index (χ3v) is 4.75. The number of carbonyl (C=O) groups is 2. The van der Waals surface area contributed by atoms with Gasteiger partial charge < -0.3 is 15.0 Å². The van der Waals surface area contributed by atoms with E-state index in [0.29, 0.717) is 23.8 Å². The maximum absolute atomic E-state index is 12.8. The van der Waals surface area contributed by atoms with Crippen molar-refractivity contribution >= 4 is 23.3 Å². The Morgan fingerprint density at radius 2 is 2.15 bits per heavy atom. The van der Waals surface area contributed by atoms with Crippen molar-refractivity contribution in [3.8, 4) is 5.75 Å². The van der Waals surface area contributed by atoms with Gasteiger partial charge in [0.25, 0.3) is 0 Å². The average molecular weight is 370 g/mol. The summed E-state index contributed by atoms with van der Waals surface area (Å²) in [5, 5.41) is 7.39. The van der Waals surface area contributed by atoms with E-state index in [1.165, 1.54) is 0 Å². The summed E-state index contributed by atoms with van der Waals surface area (Å²) >= 11 is 0. The normalized spacial score (nSPS) is 16.6. The largest absolute Gasteiger partial charge is 0.495 e. The van der Waals surface area contributed by atoms with Crippen LogP contribution in [0.3, 0.4) is 0 Å². The number of hydrogen-bond donors (Lipinski definition) is 1.